The van der Waals surface area contributed by atoms with Gasteiger partial charge in [0.2, 0.25) is 11.8 Å². The number of amides is 2. The molecule has 28 heavy (non-hydrogen) atoms. The molecule has 1 fully saturated rings. The number of benzene rings is 1. The van der Waals surface area contributed by atoms with E-state index in [1.54, 1.807) is 26.4 Å². The Bertz CT molecular complexity index is 792. The molecule has 1 unspecified atom stereocenters. The Morgan fingerprint density at radius 3 is 2.64 bits per heavy atom. The van der Waals surface area contributed by atoms with Crippen LogP contribution in [0.2, 0.25) is 0 Å². The number of hydrogen-bond acceptors (Lipinski definition) is 4. The van der Waals surface area contributed by atoms with Crippen molar-refractivity contribution >= 4 is 11.8 Å². The maximum Gasteiger partial charge on any atom is 0.227 e. The van der Waals surface area contributed by atoms with E-state index in [4.69, 9.17) is 4.74 Å². The van der Waals surface area contributed by atoms with Gasteiger partial charge >= 0.3 is 0 Å². The topological polar surface area (TPSA) is 62.7 Å². The van der Waals surface area contributed by atoms with Crippen LogP contribution >= 0.6 is 0 Å². The Labute approximate surface area is 166 Å². The molecule has 2 amide bonds. The lowest BCUT2D eigenvalue weighted by Crippen LogP contribution is -2.51. The molecule has 2 heterocycles. The molecule has 2 aromatic rings. The molecular formula is C22H27N3O3. The van der Waals surface area contributed by atoms with E-state index in [-0.39, 0.29) is 17.9 Å². The molecule has 1 aromatic carbocycles. The van der Waals surface area contributed by atoms with Gasteiger partial charge in [0.05, 0.1) is 13.5 Å². The summed E-state index contributed by atoms with van der Waals surface area (Å²) >= 11 is 0. The van der Waals surface area contributed by atoms with E-state index < -0.39 is 0 Å². The van der Waals surface area contributed by atoms with Gasteiger partial charge < -0.3 is 14.5 Å². The average molecular weight is 381 g/mol. The van der Waals surface area contributed by atoms with Gasteiger partial charge in [0.15, 0.2) is 0 Å². The van der Waals surface area contributed by atoms with Crippen molar-refractivity contribution in [3.05, 3.63) is 59.9 Å². The highest BCUT2D eigenvalue weighted by Crippen LogP contribution is 2.20. The van der Waals surface area contributed by atoms with Crippen LogP contribution in [0.25, 0.3) is 0 Å². The largest absolute Gasteiger partial charge is 0.497 e. The summed E-state index contributed by atoms with van der Waals surface area (Å²) in [7, 11) is 1.63. The highest BCUT2D eigenvalue weighted by atomic mass is 16.5. The van der Waals surface area contributed by atoms with E-state index >= 15 is 0 Å². The number of hydrogen-bond donors (Lipinski definition) is 0. The molecule has 0 bridgehead atoms. The molecule has 6 nitrogen and oxygen atoms in total. The van der Waals surface area contributed by atoms with Crippen molar-refractivity contribution in [1.82, 2.24) is 14.8 Å². The fraction of sp³-hybridized carbons (Fsp3) is 0.409. The summed E-state index contributed by atoms with van der Waals surface area (Å²) in [5.41, 5.74) is 1.96. The van der Waals surface area contributed by atoms with E-state index in [1.807, 2.05) is 46.2 Å². The van der Waals surface area contributed by atoms with Gasteiger partial charge in [-0.1, -0.05) is 18.2 Å². The zero-order valence-corrected chi connectivity index (χ0v) is 16.5. The van der Waals surface area contributed by atoms with Crippen LogP contribution < -0.4 is 4.74 Å². The minimum atomic E-state index is 0.0262. The van der Waals surface area contributed by atoms with Crippen LogP contribution in [0.5, 0.6) is 5.75 Å². The summed E-state index contributed by atoms with van der Waals surface area (Å²) < 4.78 is 5.16. The quantitative estimate of drug-likeness (QED) is 0.772. The molecule has 1 aliphatic heterocycles. The molecule has 148 valence electrons. The molecule has 1 aromatic heterocycles. The van der Waals surface area contributed by atoms with Crippen molar-refractivity contribution in [1.29, 1.82) is 0 Å². The molecule has 6 heteroatoms. The van der Waals surface area contributed by atoms with Crippen LogP contribution in [-0.2, 0) is 22.6 Å². The van der Waals surface area contributed by atoms with Crippen LogP contribution in [0.3, 0.4) is 0 Å². The second-order valence-corrected chi connectivity index (χ2v) is 7.17. The van der Waals surface area contributed by atoms with Gasteiger partial charge in [-0.15, -0.1) is 0 Å². The predicted octanol–water partition coefficient (Wildman–Crippen LogP) is 2.67. The molecule has 0 spiro atoms. The number of piperidine rings is 1. The van der Waals surface area contributed by atoms with E-state index in [0.29, 0.717) is 19.5 Å². The van der Waals surface area contributed by atoms with Gasteiger partial charge in [-0.25, -0.2) is 0 Å². The Morgan fingerprint density at radius 1 is 1.21 bits per heavy atom. The molecule has 1 aliphatic rings. The normalized spacial score (nSPS) is 16.5. The molecule has 0 aliphatic carbocycles. The SMILES string of the molecule is COc1ccc(CC(=O)N2CCCC(N(Cc3cccnc3)C(C)=O)C2)cc1. The minimum Gasteiger partial charge on any atom is -0.497 e. The van der Waals surface area contributed by atoms with Crippen LogP contribution in [0.1, 0.15) is 30.9 Å². The van der Waals surface area contributed by atoms with E-state index in [1.165, 1.54) is 0 Å². The van der Waals surface area contributed by atoms with Crippen molar-refractivity contribution in [3.63, 3.8) is 0 Å². The first kappa shape index (κ1) is 19.9. The van der Waals surface area contributed by atoms with Crippen LogP contribution in [0.4, 0.5) is 0 Å². The summed E-state index contributed by atoms with van der Waals surface area (Å²) in [6.45, 7) is 3.43. The summed E-state index contributed by atoms with van der Waals surface area (Å²) in [5.74, 6) is 0.903. The smallest absolute Gasteiger partial charge is 0.227 e. The van der Waals surface area contributed by atoms with E-state index in [2.05, 4.69) is 4.98 Å². The van der Waals surface area contributed by atoms with Gasteiger partial charge in [-0.2, -0.15) is 0 Å². The maximum atomic E-state index is 12.8. The summed E-state index contributed by atoms with van der Waals surface area (Å²) in [6.07, 6.45) is 5.68. The van der Waals surface area contributed by atoms with Crippen molar-refractivity contribution in [3.8, 4) is 5.75 Å². The second-order valence-electron chi connectivity index (χ2n) is 7.17. The minimum absolute atomic E-state index is 0.0262. The van der Waals surface area contributed by atoms with Crippen molar-refractivity contribution in [2.45, 2.75) is 38.8 Å². The van der Waals surface area contributed by atoms with Crippen LogP contribution in [0, 0.1) is 0 Å². The van der Waals surface area contributed by atoms with Gasteiger partial charge in [0.1, 0.15) is 5.75 Å². The lowest BCUT2D eigenvalue weighted by molar-refractivity contribution is -0.138. The monoisotopic (exact) mass is 381 g/mol. The third-order valence-corrected chi connectivity index (χ3v) is 5.18. The fourth-order valence-electron chi connectivity index (χ4n) is 3.65. The lowest BCUT2D eigenvalue weighted by atomic mass is 10.0. The number of ether oxygens (including phenoxy) is 1. The standard InChI is InChI=1S/C22H27N3O3/c1-17(26)25(15-19-5-3-11-23-14-19)20-6-4-12-24(16-20)22(27)13-18-7-9-21(28-2)10-8-18/h3,5,7-11,14,20H,4,6,12-13,15-16H2,1-2H3. The van der Waals surface area contributed by atoms with Crippen molar-refractivity contribution < 1.29 is 14.3 Å². The first-order chi connectivity index (χ1) is 13.6. The number of rotatable bonds is 6. The lowest BCUT2D eigenvalue weighted by Gasteiger charge is -2.39. The third kappa shape index (κ3) is 5.09. The number of pyridine rings is 1. The summed E-state index contributed by atoms with van der Waals surface area (Å²) in [4.78, 5) is 32.9. The third-order valence-electron chi connectivity index (χ3n) is 5.18. The van der Waals surface area contributed by atoms with Crippen molar-refractivity contribution in [2.75, 3.05) is 20.2 Å². The number of carbonyl (C=O) groups excluding carboxylic acids is 2. The molecule has 0 N–H and O–H groups in total. The Hall–Kier alpha value is -2.89. The van der Waals surface area contributed by atoms with Crippen LogP contribution in [0.15, 0.2) is 48.8 Å². The molecule has 0 saturated carbocycles. The number of nitrogens with zero attached hydrogens (tertiary/aromatic N) is 3. The summed E-state index contributed by atoms with van der Waals surface area (Å²) in [5, 5.41) is 0. The number of aromatic nitrogens is 1. The number of methoxy groups -OCH3 is 1. The maximum absolute atomic E-state index is 12.8. The Kier molecular flexibility index (Phi) is 6.63. The van der Waals surface area contributed by atoms with E-state index in [0.717, 1.165) is 36.3 Å². The van der Waals surface area contributed by atoms with Gasteiger partial charge in [0.25, 0.3) is 0 Å². The second kappa shape index (κ2) is 9.35. The first-order valence-electron chi connectivity index (χ1n) is 9.63. The predicted molar refractivity (Wildman–Crippen MR) is 107 cm³/mol. The molecule has 0 radical (unpaired) electrons. The highest BCUT2D eigenvalue weighted by Gasteiger charge is 2.29. The van der Waals surface area contributed by atoms with Crippen molar-refractivity contribution in [2.24, 2.45) is 0 Å². The Morgan fingerprint density at radius 2 is 2.00 bits per heavy atom. The molecule has 1 saturated heterocycles. The number of carbonyl (C=O) groups is 2. The highest BCUT2D eigenvalue weighted by molar-refractivity contribution is 5.79. The zero-order chi connectivity index (χ0) is 19.9. The Balaban J connectivity index is 1.64. The van der Waals surface area contributed by atoms with Gasteiger partial charge in [-0.05, 0) is 42.2 Å². The van der Waals surface area contributed by atoms with Crippen LogP contribution in [-0.4, -0.2) is 52.8 Å². The zero-order valence-electron chi connectivity index (χ0n) is 16.5. The summed E-state index contributed by atoms with van der Waals surface area (Å²) in [6, 6.07) is 11.5. The molecule has 1 atom stereocenters. The number of likely N-dealkylation sites (tertiary alicyclic amines) is 1. The molecular weight excluding hydrogens is 354 g/mol. The fourth-order valence-corrected chi connectivity index (χ4v) is 3.65. The van der Waals surface area contributed by atoms with Gasteiger partial charge in [-0.3, -0.25) is 14.6 Å². The van der Waals surface area contributed by atoms with E-state index in [9.17, 15) is 9.59 Å². The first-order valence-corrected chi connectivity index (χ1v) is 9.63. The average Bonchev–Trinajstić information content (AvgIpc) is 2.73. The molecule has 3 rings (SSSR count). The van der Waals surface area contributed by atoms with Gasteiger partial charge in [0, 0.05) is 45.0 Å².